The molecular formula is C42H56N2O12. The summed E-state index contributed by atoms with van der Waals surface area (Å²) in [6.45, 7) is 14.2. The van der Waals surface area contributed by atoms with Crippen molar-refractivity contribution in [1.29, 1.82) is 0 Å². The largest absolute Gasteiger partial charge is 0.507 e. The molecule has 0 unspecified atom stereocenters. The van der Waals surface area contributed by atoms with Crippen molar-refractivity contribution in [1.82, 2.24) is 4.90 Å². The molecular weight excluding hydrogens is 724 g/mol. The third kappa shape index (κ3) is 7.97. The van der Waals surface area contributed by atoms with Crippen molar-refractivity contribution >= 4 is 34.1 Å². The molecule has 6 rings (SSSR count). The van der Waals surface area contributed by atoms with Crippen LogP contribution in [0.15, 0.2) is 36.1 Å². The molecule has 1 saturated heterocycles. The number of carbonyl (C=O) groups excluding carboxylic acids is 3. The highest BCUT2D eigenvalue weighted by Gasteiger charge is 2.50. The van der Waals surface area contributed by atoms with Gasteiger partial charge in [0.05, 0.1) is 41.2 Å². The summed E-state index contributed by atoms with van der Waals surface area (Å²) in [5, 5.41) is 60.6. The highest BCUT2D eigenvalue weighted by atomic mass is 16.7. The van der Waals surface area contributed by atoms with Crippen molar-refractivity contribution < 1.29 is 58.9 Å². The van der Waals surface area contributed by atoms with Gasteiger partial charge in [-0.05, 0) is 45.9 Å². The zero-order valence-corrected chi connectivity index (χ0v) is 33.6. The van der Waals surface area contributed by atoms with Crippen molar-refractivity contribution in [2.75, 3.05) is 25.5 Å². The zero-order valence-electron chi connectivity index (χ0n) is 33.6. The summed E-state index contributed by atoms with van der Waals surface area (Å²) in [5.74, 6) is -7.78. The van der Waals surface area contributed by atoms with Crippen molar-refractivity contribution in [3.63, 3.8) is 0 Å². The molecule has 1 amide bonds. The Kier molecular flexibility index (Phi) is 12.8. The monoisotopic (exact) mass is 780 g/mol. The predicted octanol–water partition coefficient (Wildman–Crippen LogP) is 5.35. The molecule has 2 aromatic carbocycles. The van der Waals surface area contributed by atoms with Gasteiger partial charge in [0.1, 0.15) is 23.4 Å². The number of methoxy groups -OCH3 is 1. The third-order valence-electron chi connectivity index (χ3n) is 11.7. The zero-order chi connectivity index (χ0) is 41.4. The van der Waals surface area contributed by atoms with Gasteiger partial charge in [0, 0.05) is 73.3 Å². The number of rotatable bonds is 4. The number of amides is 1. The molecule has 14 heteroatoms. The molecule has 0 aromatic heterocycles. The number of nitrogens with one attached hydrogen (secondary N) is 1. The number of allylic oxidation sites excluding steroid dienone is 2. The van der Waals surface area contributed by atoms with Gasteiger partial charge in [0.2, 0.25) is 0 Å². The Bertz CT molecular complexity index is 1950. The average molecular weight is 781 g/mol. The first-order valence-electron chi connectivity index (χ1n) is 19.1. The molecule has 56 heavy (non-hydrogen) atoms. The third-order valence-corrected chi connectivity index (χ3v) is 11.7. The molecule has 0 radical (unpaired) electrons. The van der Waals surface area contributed by atoms with Crippen molar-refractivity contribution in [3.8, 4) is 23.0 Å². The van der Waals surface area contributed by atoms with E-state index in [1.54, 1.807) is 46.8 Å². The number of aliphatic hydroxyl groups is 2. The smallest absolute Gasteiger partial charge is 0.312 e. The first-order chi connectivity index (χ1) is 26.3. The quantitative estimate of drug-likeness (QED) is 0.132. The van der Waals surface area contributed by atoms with E-state index in [-0.39, 0.29) is 51.0 Å². The van der Waals surface area contributed by atoms with Crippen molar-refractivity contribution in [2.24, 2.45) is 23.7 Å². The minimum absolute atomic E-state index is 0.0504. The Hall–Kier alpha value is -4.63. The van der Waals surface area contributed by atoms with Gasteiger partial charge in [-0.3, -0.25) is 19.3 Å². The van der Waals surface area contributed by atoms with Crippen molar-refractivity contribution in [2.45, 2.75) is 105 Å². The van der Waals surface area contributed by atoms with Crippen LogP contribution in [0.3, 0.4) is 0 Å². The van der Waals surface area contributed by atoms with E-state index in [2.05, 4.69) is 5.32 Å². The number of Topliss-reactive ketones (excluding diaryl/α,β-unsaturated/α-hetero) is 1. The van der Waals surface area contributed by atoms with E-state index in [0.717, 1.165) is 12.8 Å². The van der Waals surface area contributed by atoms with Crippen LogP contribution in [0.1, 0.15) is 82.8 Å². The van der Waals surface area contributed by atoms with Crippen LogP contribution in [0.5, 0.6) is 23.0 Å². The van der Waals surface area contributed by atoms with E-state index in [1.165, 1.54) is 46.3 Å². The molecule has 4 aliphatic rings. The molecule has 0 aliphatic carbocycles. The fraction of sp³-hybridized carbons (Fsp3) is 0.548. The predicted molar refractivity (Wildman–Crippen MR) is 208 cm³/mol. The molecule has 0 spiro atoms. The van der Waals surface area contributed by atoms with Gasteiger partial charge in [0.25, 0.3) is 11.7 Å². The first-order valence-corrected chi connectivity index (χ1v) is 19.1. The lowest BCUT2D eigenvalue weighted by Crippen LogP contribution is -2.46. The number of ketones is 1. The van der Waals surface area contributed by atoms with Crippen LogP contribution in [-0.2, 0) is 30.3 Å². The number of phenols is 3. The maximum atomic E-state index is 14.4. The molecule has 306 valence electrons. The number of benzene rings is 2. The first kappa shape index (κ1) is 42.5. The number of esters is 1. The van der Waals surface area contributed by atoms with Gasteiger partial charge in [-0.15, -0.1) is 0 Å². The second-order valence-electron chi connectivity index (χ2n) is 15.7. The number of carbonyl (C=O) groups is 3. The lowest BCUT2D eigenvalue weighted by Gasteiger charge is -2.38. The Balaban J connectivity index is 1.70. The number of phenolic OH excluding ortho intramolecular Hbond substituents is 3. The second-order valence-corrected chi connectivity index (χ2v) is 15.7. The lowest BCUT2D eigenvalue weighted by atomic mass is 9.78. The van der Waals surface area contributed by atoms with Gasteiger partial charge in [-0.2, -0.15) is 0 Å². The normalized spacial score (nSPS) is 32.7. The number of fused-ring (bicyclic) bond motifs is 14. The summed E-state index contributed by atoms with van der Waals surface area (Å²) in [7, 11) is 1.45. The summed E-state index contributed by atoms with van der Waals surface area (Å²) in [5.41, 5.74) is 0.223. The fourth-order valence-corrected chi connectivity index (χ4v) is 8.10. The fourth-order valence-electron chi connectivity index (χ4n) is 8.10. The Morgan fingerprint density at radius 1 is 0.946 bits per heavy atom. The summed E-state index contributed by atoms with van der Waals surface area (Å²) in [6, 6.07) is 0. The Morgan fingerprint density at radius 3 is 2.23 bits per heavy atom. The topological polar surface area (TPSA) is 205 Å². The van der Waals surface area contributed by atoms with Crippen LogP contribution in [0.2, 0.25) is 0 Å². The Morgan fingerprint density at radius 2 is 1.61 bits per heavy atom. The van der Waals surface area contributed by atoms with E-state index in [0.29, 0.717) is 13.1 Å². The average Bonchev–Trinajstić information content (AvgIpc) is 3.77. The van der Waals surface area contributed by atoms with E-state index >= 15 is 0 Å². The molecule has 4 heterocycles. The minimum Gasteiger partial charge on any atom is -0.507 e. The standard InChI is InChI=1S/C42H56N2O12/c1-20-13-12-14-21(2)41(52)43-32-27(19-44-16-10-11-17-44)36(49)29-30(37(32)50)35(48)25(6)39-31(29)40(51)42(8,56-39)54-18-15-28(53-9)22(3)38(55-26(7)45)24(5)34(47)23(4)33(20)46/h12-15,18,20,22-24,28,33-34,38,46-50H,10-11,16-17,19H2,1-9H3,(H,43,52)/b13-12+,18-15+,21-14-/t20-,22+,23+,24+,28-,33-,34+,38+,42-/m0/s1. The molecule has 5 bridgehead atoms. The summed E-state index contributed by atoms with van der Waals surface area (Å²) in [4.78, 5) is 42.4. The van der Waals surface area contributed by atoms with Gasteiger partial charge < -0.3 is 49.8 Å². The summed E-state index contributed by atoms with van der Waals surface area (Å²) in [6.07, 6.45) is 5.58. The van der Waals surface area contributed by atoms with Crippen LogP contribution in [0.4, 0.5) is 5.69 Å². The van der Waals surface area contributed by atoms with Gasteiger partial charge in [0.15, 0.2) is 5.75 Å². The molecule has 14 nitrogen and oxygen atoms in total. The van der Waals surface area contributed by atoms with Crippen molar-refractivity contribution in [3.05, 3.63) is 52.8 Å². The number of nitrogens with zero attached hydrogens (tertiary/aromatic N) is 1. The van der Waals surface area contributed by atoms with Crippen LogP contribution < -0.4 is 10.1 Å². The number of aliphatic hydroxyl groups excluding tert-OH is 2. The molecule has 4 aliphatic heterocycles. The number of ether oxygens (including phenoxy) is 4. The highest BCUT2D eigenvalue weighted by molar-refractivity contribution is 6.22. The molecule has 6 N–H and O–H groups in total. The molecule has 9 atom stereocenters. The highest BCUT2D eigenvalue weighted by Crippen LogP contribution is 2.55. The van der Waals surface area contributed by atoms with Crippen LogP contribution in [0.25, 0.3) is 10.8 Å². The Labute approximate surface area is 327 Å². The summed E-state index contributed by atoms with van der Waals surface area (Å²) < 4.78 is 23.6. The van der Waals surface area contributed by atoms with E-state index in [9.17, 15) is 39.9 Å². The van der Waals surface area contributed by atoms with E-state index < -0.39 is 88.8 Å². The van der Waals surface area contributed by atoms with Gasteiger partial charge in [-0.25, -0.2) is 0 Å². The number of anilines is 1. The maximum Gasteiger partial charge on any atom is 0.312 e. The van der Waals surface area contributed by atoms with Crippen LogP contribution in [-0.4, -0.2) is 98.5 Å². The molecule has 2 aromatic rings. The number of hydrogen-bond acceptors (Lipinski definition) is 13. The van der Waals surface area contributed by atoms with E-state index in [4.69, 9.17) is 18.9 Å². The van der Waals surface area contributed by atoms with E-state index in [1.807, 2.05) is 4.90 Å². The molecule has 1 fully saturated rings. The van der Waals surface area contributed by atoms with Crippen LogP contribution in [0, 0.1) is 30.6 Å². The summed E-state index contributed by atoms with van der Waals surface area (Å²) >= 11 is 0. The molecule has 0 saturated carbocycles. The van der Waals surface area contributed by atoms with Gasteiger partial charge in [-0.1, -0.05) is 45.9 Å². The van der Waals surface area contributed by atoms with Gasteiger partial charge >= 0.3 is 11.8 Å². The minimum atomic E-state index is -2.00. The second kappa shape index (κ2) is 16.8. The number of hydrogen-bond donors (Lipinski definition) is 6. The maximum absolute atomic E-state index is 14.4. The number of likely N-dealkylation sites (tertiary alicyclic amines) is 1. The SMILES string of the molecule is CO[C@H]1/C=C/O[C@@]2(C)Oc3c(C)c(O)c4c(O)c(c(CN5CCCC5)c(O)c4c3C2=O)NC(=O)/C(C)=C\C=C\[C@H](C)[C@H](O)[C@@H](C)[C@@H](O)[C@@H](C)[C@H](OC(C)=O)[C@@H]1C. The number of aromatic hydroxyl groups is 3. The van der Waals surface area contributed by atoms with Crippen LogP contribution >= 0.6 is 0 Å². The lowest BCUT2D eigenvalue weighted by molar-refractivity contribution is -0.160.